The normalized spacial score (nSPS) is 47.8. The summed E-state index contributed by atoms with van der Waals surface area (Å²) in [5.41, 5.74) is 0.861. The minimum Gasteiger partial charge on any atom is -0.361 e. The summed E-state index contributed by atoms with van der Waals surface area (Å²) >= 11 is 1.93. The Balaban J connectivity index is 1.82. The molecule has 0 aromatic carbocycles. The van der Waals surface area contributed by atoms with Gasteiger partial charge in [0.1, 0.15) is 0 Å². The fourth-order valence-electron chi connectivity index (χ4n) is 4.45. The molecule has 0 amide bonds. The number of aliphatic imine (C=N–C) groups is 1. The molecule has 18 heavy (non-hydrogen) atoms. The first-order chi connectivity index (χ1) is 8.45. The molecule has 2 aliphatic carbocycles. The van der Waals surface area contributed by atoms with Crippen molar-refractivity contribution in [1.82, 2.24) is 5.32 Å². The van der Waals surface area contributed by atoms with Crippen LogP contribution in [0, 0.1) is 16.7 Å². The number of hydrogen-bond acceptors (Lipinski definition) is 2. The maximum Gasteiger partial charge on any atom is 0.157 e. The number of fused-ring (bicyclic) bond motifs is 2. The van der Waals surface area contributed by atoms with E-state index in [-0.39, 0.29) is 0 Å². The van der Waals surface area contributed by atoms with Crippen LogP contribution in [0.25, 0.3) is 0 Å². The molecule has 102 valence electrons. The molecule has 2 saturated carbocycles. The zero-order valence-electron chi connectivity index (χ0n) is 12.1. The molecule has 4 unspecified atom stereocenters. The van der Waals surface area contributed by atoms with Gasteiger partial charge in [-0.25, -0.2) is 0 Å². The second-order valence-corrected chi connectivity index (χ2v) is 8.32. The highest BCUT2D eigenvalue weighted by molar-refractivity contribution is 8.14. The average molecular weight is 266 g/mol. The van der Waals surface area contributed by atoms with Gasteiger partial charge in [0.2, 0.25) is 0 Å². The quantitative estimate of drug-likeness (QED) is 0.824. The molecule has 1 N–H and O–H groups in total. The molecule has 0 aromatic rings. The van der Waals surface area contributed by atoms with Gasteiger partial charge in [0.25, 0.3) is 0 Å². The smallest absolute Gasteiger partial charge is 0.157 e. The summed E-state index contributed by atoms with van der Waals surface area (Å²) in [7, 11) is 0. The minimum atomic E-state index is 0.395. The summed E-state index contributed by atoms with van der Waals surface area (Å²) in [6.45, 7) is 9.60. The van der Waals surface area contributed by atoms with Crippen molar-refractivity contribution in [3.05, 3.63) is 0 Å². The molecule has 3 fully saturated rings. The number of rotatable bonds is 2. The van der Waals surface area contributed by atoms with Crippen LogP contribution in [0.2, 0.25) is 0 Å². The molecule has 1 saturated heterocycles. The number of amidine groups is 1. The number of thioether (sulfide) groups is 1. The van der Waals surface area contributed by atoms with E-state index in [1.165, 1.54) is 36.6 Å². The predicted octanol–water partition coefficient (Wildman–Crippen LogP) is 3.67. The first-order valence-electron chi connectivity index (χ1n) is 7.43. The molecular formula is C15H26N2S. The Bertz CT molecular complexity index is 372. The van der Waals surface area contributed by atoms with Crippen LogP contribution in [-0.4, -0.2) is 23.0 Å². The Morgan fingerprint density at radius 2 is 2.17 bits per heavy atom. The summed E-state index contributed by atoms with van der Waals surface area (Å²) < 4.78 is 0. The van der Waals surface area contributed by atoms with Gasteiger partial charge < -0.3 is 5.32 Å². The maximum absolute atomic E-state index is 5.15. The monoisotopic (exact) mass is 266 g/mol. The molecule has 0 aromatic heterocycles. The summed E-state index contributed by atoms with van der Waals surface area (Å²) in [6.07, 6.45) is 5.40. The third-order valence-corrected chi connectivity index (χ3v) is 6.75. The van der Waals surface area contributed by atoms with E-state index in [1.54, 1.807) is 0 Å². The van der Waals surface area contributed by atoms with E-state index in [0.717, 1.165) is 5.92 Å². The molecule has 1 heterocycles. The second-order valence-electron chi connectivity index (χ2n) is 7.31. The van der Waals surface area contributed by atoms with Gasteiger partial charge in [-0.3, -0.25) is 4.99 Å². The molecule has 1 aliphatic heterocycles. The van der Waals surface area contributed by atoms with E-state index < -0.39 is 0 Å². The van der Waals surface area contributed by atoms with Crippen molar-refractivity contribution in [2.75, 3.05) is 5.75 Å². The third-order valence-electron chi connectivity index (χ3n) is 5.68. The predicted molar refractivity (Wildman–Crippen MR) is 80.1 cm³/mol. The molecule has 0 radical (unpaired) electrons. The van der Waals surface area contributed by atoms with Crippen LogP contribution in [0.5, 0.6) is 0 Å². The van der Waals surface area contributed by atoms with Gasteiger partial charge in [-0.15, -0.1) is 0 Å². The molecule has 0 spiro atoms. The lowest BCUT2D eigenvalue weighted by Gasteiger charge is -2.40. The van der Waals surface area contributed by atoms with E-state index in [2.05, 4.69) is 33.0 Å². The van der Waals surface area contributed by atoms with Crippen LogP contribution in [0.3, 0.4) is 0 Å². The van der Waals surface area contributed by atoms with Crippen LogP contribution >= 0.6 is 11.8 Å². The van der Waals surface area contributed by atoms with Crippen LogP contribution in [0.15, 0.2) is 4.99 Å². The lowest BCUT2D eigenvalue weighted by molar-refractivity contribution is 0.142. The van der Waals surface area contributed by atoms with Gasteiger partial charge in [0.15, 0.2) is 5.17 Å². The first-order valence-corrected chi connectivity index (χ1v) is 8.41. The molecule has 3 heteroatoms. The summed E-state index contributed by atoms with van der Waals surface area (Å²) in [5, 5.41) is 4.81. The zero-order valence-corrected chi connectivity index (χ0v) is 12.9. The Morgan fingerprint density at radius 1 is 1.39 bits per heavy atom. The first kappa shape index (κ1) is 12.8. The summed E-state index contributed by atoms with van der Waals surface area (Å²) in [4.78, 5) is 5.15. The molecular weight excluding hydrogens is 240 g/mol. The van der Waals surface area contributed by atoms with Gasteiger partial charge in [-0.05, 0) is 42.4 Å². The third kappa shape index (κ3) is 1.81. The van der Waals surface area contributed by atoms with Crippen molar-refractivity contribution >= 4 is 16.9 Å². The van der Waals surface area contributed by atoms with Gasteiger partial charge in [-0.2, -0.15) is 0 Å². The van der Waals surface area contributed by atoms with Crippen LogP contribution in [0.4, 0.5) is 0 Å². The lowest BCUT2D eigenvalue weighted by Crippen LogP contribution is -2.40. The largest absolute Gasteiger partial charge is 0.361 e. The molecule has 3 rings (SSSR count). The van der Waals surface area contributed by atoms with Crippen LogP contribution < -0.4 is 5.32 Å². The van der Waals surface area contributed by atoms with Crippen LogP contribution in [-0.2, 0) is 0 Å². The Hall–Kier alpha value is -0.180. The second kappa shape index (κ2) is 4.16. The molecule has 2 nitrogen and oxygen atoms in total. The Morgan fingerprint density at radius 3 is 2.72 bits per heavy atom. The molecule has 2 bridgehead atoms. The van der Waals surface area contributed by atoms with Gasteiger partial charge in [0.05, 0.1) is 6.04 Å². The van der Waals surface area contributed by atoms with Crippen molar-refractivity contribution in [2.24, 2.45) is 21.7 Å². The molecule has 3 aliphatic rings. The zero-order chi connectivity index (χ0) is 13.0. The van der Waals surface area contributed by atoms with Gasteiger partial charge >= 0.3 is 0 Å². The standard InChI is InChI=1S/C15H26N2S/c1-5-11-9-18-13(16-11)17-12-14(2,3)10-6-7-15(12,4)8-10/h10-12H,5-9H2,1-4H3,(H,16,17). The van der Waals surface area contributed by atoms with Crippen molar-refractivity contribution in [3.8, 4) is 0 Å². The SMILES string of the molecule is CCC1CSC(=NC2C3(C)CCC(C3)C2(C)C)N1. The highest BCUT2D eigenvalue weighted by Crippen LogP contribution is 2.63. The fraction of sp³-hybridized carbons (Fsp3) is 0.933. The topological polar surface area (TPSA) is 24.4 Å². The highest BCUT2D eigenvalue weighted by atomic mass is 32.2. The highest BCUT2D eigenvalue weighted by Gasteiger charge is 2.59. The number of nitrogens with zero attached hydrogens (tertiary/aromatic N) is 1. The average Bonchev–Trinajstić information content (AvgIpc) is 2.95. The van der Waals surface area contributed by atoms with E-state index in [0.29, 0.717) is 22.9 Å². The lowest BCUT2D eigenvalue weighted by atomic mass is 9.69. The van der Waals surface area contributed by atoms with Gasteiger partial charge in [0, 0.05) is 11.8 Å². The van der Waals surface area contributed by atoms with Crippen molar-refractivity contribution < 1.29 is 0 Å². The summed E-state index contributed by atoms with van der Waals surface area (Å²) in [6, 6.07) is 1.16. The van der Waals surface area contributed by atoms with Crippen LogP contribution in [0.1, 0.15) is 53.4 Å². The van der Waals surface area contributed by atoms with Gasteiger partial charge in [-0.1, -0.05) is 39.5 Å². The van der Waals surface area contributed by atoms with Crippen molar-refractivity contribution in [1.29, 1.82) is 0 Å². The van der Waals surface area contributed by atoms with E-state index in [9.17, 15) is 0 Å². The minimum absolute atomic E-state index is 0.395. The van der Waals surface area contributed by atoms with E-state index in [1.807, 2.05) is 11.8 Å². The molecule has 4 atom stereocenters. The Labute approximate surface area is 115 Å². The summed E-state index contributed by atoms with van der Waals surface area (Å²) in [5.74, 6) is 2.09. The van der Waals surface area contributed by atoms with Crippen molar-refractivity contribution in [3.63, 3.8) is 0 Å². The van der Waals surface area contributed by atoms with Crippen molar-refractivity contribution in [2.45, 2.75) is 65.5 Å². The maximum atomic E-state index is 5.15. The fourth-order valence-corrected chi connectivity index (χ4v) is 5.56. The van der Waals surface area contributed by atoms with E-state index in [4.69, 9.17) is 4.99 Å². The Kier molecular flexibility index (Phi) is 2.96. The number of nitrogens with one attached hydrogen (secondary N) is 1. The number of hydrogen-bond donors (Lipinski definition) is 1. The van der Waals surface area contributed by atoms with E-state index >= 15 is 0 Å².